The minimum Gasteiger partial charge on any atom is -0.495 e. The number of carbonyl (C=O) groups excluding carboxylic acids is 1. The molecule has 1 amide bonds. The Morgan fingerprint density at radius 1 is 1.12 bits per heavy atom. The van der Waals surface area contributed by atoms with E-state index < -0.39 is 0 Å². The van der Waals surface area contributed by atoms with E-state index in [2.05, 4.69) is 10.3 Å². The molecule has 1 heterocycles. The lowest BCUT2D eigenvalue weighted by Gasteiger charge is -2.10. The third kappa shape index (κ3) is 3.31. The Labute approximate surface area is 145 Å². The average Bonchev–Trinajstić information content (AvgIpc) is 2.98. The highest BCUT2D eigenvalue weighted by Gasteiger charge is 2.17. The molecule has 0 saturated carbocycles. The van der Waals surface area contributed by atoms with Crippen LogP contribution in [0.5, 0.6) is 5.75 Å². The van der Waals surface area contributed by atoms with Gasteiger partial charge >= 0.3 is 0 Å². The van der Waals surface area contributed by atoms with Gasteiger partial charge in [-0.25, -0.2) is 4.98 Å². The van der Waals surface area contributed by atoms with Gasteiger partial charge in [0.2, 0.25) is 0 Å². The number of methoxy groups -OCH3 is 1. The summed E-state index contributed by atoms with van der Waals surface area (Å²) in [6, 6.07) is 15.5. The second kappa shape index (κ2) is 6.84. The molecular weight excluding hydrogens is 320 g/mol. The van der Waals surface area contributed by atoms with Crippen molar-refractivity contribution in [2.24, 2.45) is 0 Å². The predicted octanol–water partition coefficient (Wildman–Crippen LogP) is 4.69. The predicted molar refractivity (Wildman–Crippen MR) is 98.0 cm³/mol. The summed E-state index contributed by atoms with van der Waals surface area (Å²) in [5, 5.41) is 3.77. The number of rotatable bonds is 4. The van der Waals surface area contributed by atoms with Crippen LogP contribution in [0.2, 0.25) is 0 Å². The van der Waals surface area contributed by atoms with Crippen LogP contribution in [0.4, 0.5) is 5.69 Å². The Morgan fingerprint density at radius 2 is 1.88 bits per heavy atom. The van der Waals surface area contributed by atoms with Crippen LogP contribution < -0.4 is 10.1 Å². The van der Waals surface area contributed by atoms with Crippen molar-refractivity contribution in [3.05, 3.63) is 64.7 Å². The summed E-state index contributed by atoms with van der Waals surface area (Å²) in [5.41, 5.74) is 3.45. The number of hydrogen-bond donors (Lipinski definition) is 1. The maximum absolute atomic E-state index is 12.7. The molecule has 0 saturated heterocycles. The molecule has 0 unspecified atom stereocenters. The molecule has 5 heteroatoms. The molecular formula is C19H18N2O2S. The van der Waals surface area contributed by atoms with E-state index in [1.54, 1.807) is 7.11 Å². The Balaban J connectivity index is 1.89. The number of ether oxygens (including phenoxy) is 1. The topological polar surface area (TPSA) is 51.2 Å². The van der Waals surface area contributed by atoms with E-state index in [4.69, 9.17) is 4.74 Å². The highest BCUT2D eigenvalue weighted by Crippen LogP contribution is 2.30. The van der Waals surface area contributed by atoms with Crippen LogP contribution in [0, 0.1) is 13.8 Å². The number of nitrogens with one attached hydrogen (secondary N) is 1. The molecule has 0 spiro atoms. The summed E-state index contributed by atoms with van der Waals surface area (Å²) in [6.07, 6.45) is 0. The van der Waals surface area contributed by atoms with E-state index >= 15 is 0 Å². The smallest absolute Gasteiger partial charge is 0.267 e. The van der Waals surface area contributed by atoms with Gasteiger partial charge in [-0.2, -0.15) is 0 Å². The zero-order chi connectivity index (χ0) is 17.1. The molecule has 0 radical (unpaired) electrons. The SMILES string of the molecule is COc1ccc(C)cc1NC(=O)c1sc(-c2ccccc2)nc1C. The standard InChI is InChI=1S/C19H18N2O2S/c1-12-9-10-16(23-3)15(11-12)21-18(22)17-13(2)20-19(24-17)14-7-5-4-6-8-14/h4-11H,1-3H3,(H,21,22). The first kappa shape index (κ1) is 16.2. The average molecular weight is 338 g/mol. The maximum Gasteiger partial charge on any atom is 0.267 e. The minimum absolute atomic E-state index is 0.170. The monoisotopic (exact) mass is 338 g/mol. The van der Waals surface area contributed by atoms with Crippen LogP contribution in [0.15, 0.2) is 48.5 Å². The van der Waals surface area contributed by atoms with E-state index in [0.29, 0.717) is 16.3 Å². The van der Waals surface area contributed by atoms with Crippen molar-refractivity contribution in [3.8, 4) is 16.3 Å². The fraction of sp³-hybridized carbons (Fsp3) is 0.158. The molecule has 0 atom stereocenters. The molecule has 0 aliphatic rings. The second-order valence-corrected chi connectivity index (χ2v) is 6.46. The number of aromatic nitrogens is 1. The number of hydrogen-bond acceptors (Lipinski definition) is 4. The molecule has 0 bridgehead atoms. The molecule has 0 aliphatic heterocycles. The molecule has 122 valence electrons. The largest absolute Gasteiger partial charge is 0.495 e. The number of thiazole rings is 1. The molecule has 0 fully saturated rings. The van der Waals surface area contributed by atoms with E-state index in [1.165, 1.54) is 11.3 Å². The summed E-state index contributed by atoms with van der Waals surface area (Å²) in [6.45, 7) is 3.83. The van der Waals surface area contributed by atoms with Crippen LogP contribution in [0.25, 0.3) is 10.6 Å². The Bertz CT molecular complexity index is 872. The summed E-state index contributed by atoms with van der Waals surface area (Å²) in [4.78, 5) is 17.8. The van der Waals surface area contributed by atoms with Gasteiger partial charge in [-0.05, 0) is 31.5 Å². The first-order valence-electron chi connectivity index (χ1n) is 7.57. The summed E-state index contributed by atoms with van der Waals surface area (Å²) >= 11 is 1.39. The number of anilines is 1. The molecule has 1 aromatic heterocycles. The van der Waals surface area contributed by atoms with Crippen molar-refractivity contribution < 1.29 is 9.53 Å². The van der Waals surface area contributed by atoms with Crippen molar-refractivity contribution in [3.63, 3.8) is 0 Å². The summed E-state index contributed by atoms with van der Waals surface area (Å²) < 4.78 is 5.31. The highest BCUT2D eigenvalue weighted by molar-refractivity contribution is 7.17. The van der Waals surface area contributed by atoms with Crippen molar-refractivity contribution in [1.82, 2.24) is 4.98 Å². The number of carbonyl (C=O) groups is 1. The zero-order valence-electron chi connectivity index (χ0n) is 13.8. The lowest BCUT2D eigenvalue weighted by molar-refractivity contribution is 0.102. The minimum atomic E-state index is -0.170. The van der Waals surface area contributed by atoms with Crippen LogP contribution in [-0.2, 0) is 0 Å². The number of benzene rings is 2. The Hall–Kier alpha value is -2.66. The fourth-order valence-electron chi connectivity index (χ4n) is 2.41. The lowest BCUT2D eigenvalue weighted by Crippen LogP contribution is -2.12. The molecule has 2 aromatic carbocycles. The first-order chi connectivity index (χ1) is 11.6. The van der Waals surface area contributed by atoms with Gasteiger partial charge in [0.15, 0.2) is 0 Å². The van der Waals surface area contributed by atoms with Gasteiger partial charge in [0.25, 0.3) is 5.91 Å². The van der Waals surface area contributed by atoms with Gasteiger partial charge in [-0.1, -0.05) is 36.4 Å². The third-order valence-electron chi connectivity index (χ3n) is 3.63. The van der Waals surface area contributed by atoms with Gasteiger partial charge < -0.3 is 10.1 Å². The van der Waals surface area contributed by atoms with Gasteiger partial charge in [0.1, 0.15) is 15.6 Å². The highest BCUT2D eigenvalue weighted by atomic mass is 32.1. The third-order valence-corrected chi connectivity index (χ3v) is 4.83. The van der Waals surface area contributed by atoms with Crippen LogP contribution >= 0.6 is 11.3 Å². The summed E-state index contributed by atoms with van der Waals surface area (Å²) in [7, 11) is 1.59. The molecule has 3 aromatic rings. The first-order valence-corrected chi connectivity index (χ1v) is 8.39. The van der Waals surface area contributed by atoms with E-state index in [9.17, 15) is 4.79 Å². The van der Waals surface area contributed by atoms with E-state index in [0.717, 1.165) is 21.8 Å². The zero-order valence-corrected chi connectivity index (χ0v) is 14.6. The lowest BCUT2D eigenvalue weighted by atomic mass is 10.2. The van der Waals surface area contributed by atoms with Crippen molar-refractivity contribution >= 4 is 22.9 Å². The second-order valence-electron chi connectivity index (χ2n) is 5.46. The maximum atomic E-state index is 12.7. The number of aryl methyl sites for hydroxylation is 2. The Kier molecular flexibility index (Phi) is 4.62. The van der Waals surface area contributed by atoms with E-state index in [-0.39, 0.29) is 5.91 Å². The quantitative estimate of drug-likeness (QED) is 0.751. The van der Waals surface area contributed by atoms with Gasteiger partial charge in [-0.15, -0.1) is 11.3 Å². The van der Waals surface area contributed by atoms with Crippen LogP contribution in [0.3, 0.4) is 0 Å². The molecule has 4 nitrogen and oxygen atoms in total. The van der Waals surface area contributed by atoms with E-state index in [1.807, 2.05) is 62.4 Å². The molecule has 3 rings (SSSR count). The number of nitrogens with zero attached hydrogens (tertiary/aromatic N) is 1. The molecule has 0 aliphatic carbocycles. The summed E-state index contributed by atoms with van der Waals surface area (Å²) in [5.74, 6) is 0.468. The Morgan fingerprint density at radius 3 is 2.58 bits per heavy atom. The van der Waals surface area contributed by atoms with Crippen LogP contribution in [0.1, 0.15) is 20.9 Å². The number of amides is 1. The van der Waals surface area contributed by atoms with Crippen molar-refractivity contribution in [2.75, 3.05) is 12.4 Å². The fourth-order valence-corrected chi connectivity index (χ4v) is 3.38. The normalized spacial score (nSPS) is 10.5. The molecule has 24 heavy (non-hydrogen) atoms. The van der Waals surface area contributed by atoms with Crippen molar-refractivity contribution in [2.45, 2.75) is 13.8 Å². The van der Waals surface area contributed by atoms with Crippen LogP contribution in [-0.4, -0.2) is 18.0 Å². The van der Waals surface area contributed by atoms with Gasteiger partial charge in [-0.3, -0.25) is 4.79 Å². The molecule has 1 N–H and O–H groups in total. The van der Waals surface area contributed by atoms with Crippen molar-refractivity contribution in [1.29, 1.82) is 0 Å². The van der Waals surface area contributed by atoms with Gasteiger partial charge in [0, 0.05) is 5.56 Å². The van der Waals surface area contributed by atoms with Gasteiger partial charge in [0.05, 0.1) is 18.5 Å².